The van der Waals surface area contributed by atoms with Crippen LogP contribution in [0.5, 0.6) is 0 Å². The molecule has 1 fully saturated rings. The Labute approximate surface area is 109 Å². The molecule has 2 rings (SSSR count). The Morgan fingerprint density at radius 1 is 1.22 bits per heavy atom. The van der Waals surface area contributed by atoms with Gasteiger partial charge in [-0.1, -0.05) is 45.0 Å². The molecule has 1 amide bonds. The van der Waals surface area contributed by atoms with E-state index in [1.165, 1.54) is 5.56 Å². The van der Waals surface area contributed by atoms with Gasteiger partial charge in [0.15, 0.2) is 0 Å². The fourth-order valence-electron chi connectivity index (χ4n) is 1.84. The Morgan fingerprint density at radius 2 is 1.72 bits per heavy atom. The first-order chi connectivity index (χ1) is 8.69. The van der Waals surface area contributed by atoms with E-state index < -0.39 is 0 Å². The van der Waals surface area contributed by atoms with Crippen molar-refractivity contribution in [3.8, 4) is 0 Å². The maximum Gasteiger partial charge on any atom is 0.227 e. The SMILES string of the molecule is CC.CCc1ccc(CC(=O)N2CC(O)C2)cc1. The van der Waals surface area contributed by atoms with E-state index in [2.05, 4.69) is 19.1 Å². The lowest BCUT2D eigenvalue weighted by atomic mass is 10.1. The van der Waals surface area contributed by atoms with Crippen LogP contribution in [0.2, 0.25) is 0 Å². The second-order valence-corrected chi connectivity index (χ2v) is 4.30. The third-order valence-electron chi connectivity index (χ3n) is 3.00. The predicted molar refractivity (Wildman–Crippen MR) is 73.5 cm³/mol. The number of benzene rings is 1. The van der Waals surface area contributed by atoms with Gasteiger partial charge in [-0.2, -0.15) is 0 Å². The number of carbonyl (C=O) groups excluding carboxylic acids is 1. The van der Waals surface area contributed by atoms with Gasteiger partial charge < -0.3 is 10.0 Å². The summed E-state index contributed by atoms with van der Waals surface area (Å²) in [6.07, 6.45) is 1.15. The number of aliphatic hydroxyl groups excluding tert-OH is 1. The zero-order valence-electron chi connectivity index (χ0n) is 11.5. The van der Waals surface area contributed by atoms with Crippen molar-refractivity contribution in [2.24, 2.45) is 0 Å². The van der Waals surface area contributed by atoms with E-state index >= 15 is 0 Å². The van der Waals surface area contributed by atoms with Crippen molar-refractivity contribution in [1.82, 2.24) is 4.90 Å². The summed E-state index contributed by atoms with van der Waals surface area (Å²) < 4.78 is 0. The highest BCUT2D eigenvalue weighted by Gasteiger charge is 2.28. The molecule has 0 aromatic heterocycles. The van der Waals surface area contributed by atoms with E-state index in [4.69, 9.17) is 5.11 Å². The molecular weight excluding hydrogens is 226 g/mol. The van der Waals surface area contributed by atoms with Crippen molar-refractivity contribution in [2.75, 3.05) is 13.1 Å². The number of amides is 1. The van der Waals surface area contributed by atoms with E-state index in [0.29, 0.717) is 19.5 Å². The number of carbonyl (C=O) groups is 1. The summed E-state index contributed by atoms with van der Waals surface area (Å²) in [5.41, 5.74) is 2.33. The Hall–Kier alpha value is -1.35. The van der Waals surface area contributed by atoms with Crippen molar-refractivity contribution >= 4 is 5.91 Å². The van der Waals surface area contributed by atoms with Crippen LogP contribution < -0.4 is 0 Å². The minimum absolute atomic E-state index is 0.106. The smallest absolute Gasteiger partial charge is 0.227 e. The lowest BCUT2D eigenvalue weighted by Gasteiger charge is -2.35. The lowest BCUT2D eigenvalue weighted by molar-refractivity contribution is -0.140. The fourth-order valence-corrected chi connectivity index (χ4v) is 1.84. The van der Waals surface area contributed by atoms with Crippen LogP contribution in [0.3, 0.4) is 0 Å². The van der Waals surface area contributed by atoms with E-state index in [1.807, 2.05) is 26.0 Å². The molecule has 0 unspecified atom stereocenters. The molecule has 100 valence electrons. The van der Waals surface area contributed by atoms with Gasteiger partial charge >= 0.3 is 0 Å². The summed E-state index contributed by atoms with van der Waals surface area (Å²) in [6.45, 7) is 7.10. The van der Waals surface area contributed by atoms with E-state index in [9.17, 15) is 4.79 Å². The number of hydrogen-bond acceptors (Lipinski definition) is 2. The summed E-state index contributed by atoms with van der Waals surface area (Å²) >= 11 is 0. The number of aliphatic hydroxyl groups is 1. The molecule has 1 aliphatic rings. The van der Waals surface area contributed by atoms with Gasteiger partial charge in [0.25, 0.3) is 0 Å². The van der Waals surface area contributed by atoms with Gasteiger partial charge in [0, 0.05) is 13.1 Å². The van der Waals surface area contributed by atoms with E-state index in [1.54, 1.807) is 4.90 Å². The number of rotatable bonds is 3. The summed E-state index contributed by atoms with van der Waals surface area (Å²) in [5.74, 6) is 0.106. The standard InChI is InChI=1S/C13H17NO2.C2H6/c1-2-10-3-5-11(6-4-10)7-13(16)14-8-12(15)9-14;1-2/h3-6,12,15H,2,7-9H2,1H3;1-2H3. The first-order valence-corrected chi connectivity index (χ1v) is 6.72. The van der Waals surface area contributed by atoms with Crippen LogP contribution in [-0.2, 0) is 17.6 Å². The normalized spacial score (nSPS) is 14.6. The maximum absolute atomic E-state index is 11.7. The maximum atomic E-state index is 11.7. The van der Waals surface area contributed by atoms with Crippen LogP contribution >= 0.6 is 0 Å². The van der Waals surface area contributed by atoms with Gasteiger partial charge in [-0.25, -0.2) is 0 Å². The van der Waals surface area contributed by atoms with Gasteiger partial charge in [0.05, 0.1) is 12.5 Å². The number of β-amino-alcohol motifs (C(OH)–C–C–N with tert-alkyl or cyclic N) is 1. The number of aryl methyl sites for hydroxylation is 1. The lowest BCUT2D eigenvalue weighted by Crippen LogP contribution is -2.53. The molecule has 18 heavy (non-hydrogen) atoms. The molecule has 0 radical (unpaired) electrons. The van der Waals surface area contributed by atoms with Crippen LogP contribution in [0.4, 0.5) is 0 Å². The van der Waals surface area contributed by atoms with Crippen molar-refractivity contribution in [2.45, 2.75) is 39.7 Å². The molecular formula is C15H23NO2. The largest absolute Gasteiger partial charge is 0.389 e. The highest BCUT2D eigenvalue weighted by atomic mass is 16.3. The average molecular weight is 249 g/mol. The Balaban J connectivity index is 0.000000771. The Bertz CT molecular complexity index is 367. The molecule has 1 aliphatic heterocycles. The Morgan fingerprint density at radius 3 is 2.17 bits per heavy atom. The quantitative estimate of drug-likeness (QED) is 0.890. The summed E-state index contributed by atoms with van der Waals surface area (Å²) in [6, 6.07) is 8.14. The van der Waals surface area contributed by atoms with Crippen molar-refractivity contribution in [3.05, 3.63) is 35.4 Å². The number of hydrogen-bond donors (Lipinski definition) is 1. The van der Waals surface area contributed by atoms with Crippen LogP contribution in [0, 0.1) is 0 Å². The zero-order chi connectivity index (χ0) is 13.5. The molecule has 0 atom stereocenters. The molecule has 1 heterocycles. The molecule has 3 heteroatoms. The Kier molecular flexibility index (Phi) is 5.86. The van der Waals surface area contributed by atoms with Crippen molar-refractivity contribution < 1.29 is 9.90 Å². The van der Waals surface area contributed by atoms with Gasteiger partial charge in [-0.15, -0.1) is 0 Å². The predicted octanol–water partition coefficient (Wildman–Crippen LogP) is 2.02. The minimum Gasteiger partial charge on any atom is -0.389 e. The summed E-state index contributed by atoms with van der Waals surface area (Å²) in [4.78, 5) is 13.4. The molecule has 0 bridgehead atoms. The monoisotopic (exact) mass is 249 g/mol. The molecule has 1 aromatic carbocycles. The molecule has 3 nitrogen and oxygen atoms in total. The highest BCUT2D eigenvalue weighted by Crippen LogP contribution is 2.12. The second kappa shape index (κ2) is 7.17. The molecule has 0 saturated carbocycles. The van der Waals surface area contributed by atoms with Crippen molar-refractivity contribution in [3.63, 3.8) is 0 Å². The number of likely N-dealkylation sites (tertiary alicyclic amines) is 1. The van der Waals surface area contributed by atoms with Crippen LogP contribution in [-0.4, -0.2) is 35.1 Å². The van der Waals surface area contributed by atoms with Crippen LogP contribution in [0.25, 0.3) is 0 Å². The van der Waals surface area contributed by atoms with E-state index in [-0.39, 0.29) is 12.0 Å². The first-order valence-electron chi connectivity index (χ1n) is 6.72. The molecule has 1 aromatic rings. The number of nitrogens with zero attached hydrogens (tertiary/aromatic N) is 1. The summed E-state index contributed by atoms with van der Waals surface area (Å²) in [7, 11) is 0. The second-order valence-electron chi connectivity index (χ2n) is 4.30. The molecule has 1 saturated heterocycles. The topological polar surface area (TPSA) is 40.5 Å². The average Bonchev–Trinajstić information content (AvgIpc) is 2.38. The highest BCUT2D eigenvalue weighted by molar-refractivity contribution is 5.79. The third kappa shape index (κ3) is 3.84. The van der Waals surface area contributed by atoms with Gasteiger partial charge in [-0.3, -0.25) is 4.79 Å². The van der Waals surface area contributed by atoms with Gasteiger partial charge in [0.1, 0.15) is 0 Å². The fraction of sp³-hybridized carbons (Fsp3) is 0.533. The molecule has 1 N–H and O–H groups in total. The van der Waals surface area contributed by atoms with Crippen molar-refractivity contribution in [1.29, 1.82) is 0 Å². The van der Waals surface area contributed by atoms with Crippen LogP contribution in [0.1, 0.15) is 31.9 Å². The minimum atomic E-state index is -0.314. The molecule has 0 aliphatic carbocycles. The van der Waals surface area contributed by atoms with Gasteiger partial charge in [0.2, 0.25) is 5.91 Å². The van der Waals surface area contributed by atoms with Gasteiger partial charge in [-0.05, 0) is 17.5 Å². The van der Waals surface area contributed by atoms with Crippen LogP contribution in [0.15, 0.2) is 24.3 Å². The van der Waals surface area contributed by atoms with E-state index in [0.717, 1.165) is 12.0 Å². The summed E-state index contributed by atoms with van der Waals surface area (Å²) in [5, 5.41) is 9.11. The third-order valence-corrected chi connectivity index (χ3v) is 3.00. The first kappa shape index (κ1) is 14.7. The molecule has 0 spiro atoms. The zero-order valence-corrected chi connectivity index (χ0v) is 11.5.